The number of nitrogens with one attached hydrogen (secondary N) is 2. The first-order chi connectivity index (χ1) is 6.33. The van der Waals surface area contributed by atoms with E-state index in [1.54, 1.807) is 0 Å². The first kappa shape index (κ1) is 10.7. The van der Waals surface area contributed by atoms with Gasteiger partial charge in [-0.3, -0.25) is 0 Å². The normalized spacial score (nSPS) is 17.3. The number of ether oxygens (including phenoxy) is 1. The molecule has 1 rings (SSSR count). The van der Waals surface area contributed by atoms with Crippen LogP contribution in [0.1, 0.15) is 25.7 Å². The minimum Gasteiger partial charge on any atom is -0.376 e. The van der Waals surface area contributed by atoms with Crippen LogP contribution in [0.5, 0.6) is 0 Å². The maximum atomic E-state index is 5.65. The zero-order chi connectivity index (χ0) is 9.52. The first-order valence-corrected chi connectivity index (χ1v) is 5.31. The van der Waals surface area contributed by atoms with Crippen molar-refractivity contribution in [3.8, 4) is 0 Å². The molecule has 2 N–H and O–H groups in total. The minimum absolute atomic E-state index is 0.505. The Hall–Kier alpha value is -0.350. The third kappa shape index (κ3) is 4.43. The molecule has 0 bridgehead atoms. The van der Waals surface area contributed by atoms with Gasteiger partial charge in [-0.05, 0) is 25.1 Å². The van der Waals surface area contributed by atoms with Crippen LogP contribution in [0.3, 0.4) is 0 Å². The van der Waals surface area contributed by atoms with Crippen molar-refractivity contribution in [1.29, 1.82) is 0 Å². The van der Waals surface area contributed by atoms with Crippen LogP contribution in [0.4, 0.5) is 0 Å². The number of thiocarbonyl (C=S) groups is 1. The van der Waals surface area contributed by atoms with E-state index in [1.165, 1.54) is 25.7 Å². The van der Waals surface area contributed by atoms with Crippen molar-refractivity contribution in [2.24, 2.45) is 0 Å². The zero-order valence-corrected chi connectivity index (χ0v) is 8.95. The molecule has 1 fully saturated rings. The van der Waals surface area contributed by atoms with Gasteiger partial charge in [-0.15, -0.1) is 0 Å². The van der Waals surface area contributed by atoms with Gasteiger partial charge in [0.2, 0.25) is 0 Å². The Bertz CT molecular complexity index is 158. The van der Waals surface area contributed by atoms with Crippen molar-refractivity contribution in [2.75, 3.05) is 20.2 Å². The summed E-state index contributed by atoms with van der Waals surface area (Å²) in [5.74, 6) is 0. The lowest BCUT2D eigenvalue weighted by Gasteiger charge is -2.12. The molecule has 3 nitrogen and oxygen atoms in total. The molecule has 76 valence electrons. The van der Waals surface area contributed by atoms with Crippen molar-refractivity contribution in [2.45, 2.75) is 31.8 Å². The lowest BCUT2D eigenvalue weighted by Crippen LogP contribution is -2.35. The highest BCUT2D eigenvalue weighted by Crippen LogP contribution is 2.20. The van der Waals surface area contributed by atoms with Crippen molar-refractivity contribution in [3.63, 3.8) is 0 Å². The molecule has 0 aromatic carbocycles. The van der Waals surface area contributed by atoms with E-state index >= 15 is 0 Å². The van der Waals surface area contributed by atoms with Gasteiger partial charge in [0, 0.05) is 13.6 Å². The van der Waals surface area contributed by atoms with E-state index in [0.29, 0.717) is 11.2 Å². The Morgan fingerprint density at radius 1 is 1.46 bits per heavy atom. The molecule has 0 atom stereocenters. The molecule has 0 radical (unpaired) electrons. The van der Waals surface area contributed by atoms with Gasteiger partial charge in [-0.25, -0.2) is 0 Å². The average molecular weight is 202 g/mol. The van der Waals surface area contributed by atoms with Gasteiger partial charge in [0.05, 0.1) is 12.7 Å². The number of hydrogen-bond acceptors (Lipinski definition) is 2. The second-order valence-corrected chi connectivity index (χ2v) is 3.69. The molecule has 0 aromatic heterocycles. The van der Waals surface area contributed by atoms with Crippen LogP contribution in [0.2, 0.25) is 0 Å². The quantitative estimate of drug-likeness (QED) is 0.527. The summed E-state index contributed by atoms with van der Waals surface area (Å²) in [5, 5.41) is 6.60. The fraction of sp³-hybridized carbons (Fsp3) is 0.889. The Morgan fingerprint density at radius 2 is 2.15 bits per heavy atom. The topological polar surface area (TPSA) is 33.3 Å². The van der Waals surface area contributed by atoms with E-state index in [-0.39, 0.29) is 0 Å². The molecule has 0 unspecified atom stereocenters. The summed E-state index contributed by atoms with van der Waals surface area (Å²) in [6.07, 6.45) is 5.62. The second-order valence-electron chi connectivity index (χ2n) is 3.28. The second kappa shape index (κ2) is 6.16. The monoisotopic (exact) mass is 202 g/mol. The molecule has 13 heavy (non-hydrogen) atoms. The Kier molecular flexibility index (Phi) is 5.08. The molecule has 4 heteroatoms. The Balaban J connectivity index is 1.91. The summed E-state index contributed by atoms with van der Waals surface area (Å²) in [6.45, 7) is 1.56. The van der Waals surface area contributed by atoms with Crippen molar-refractivity contribution in [1.82, 2.24) is 10.6 Å². The van der Waals surface area contributed by atoms with Gasteiger partial charge in [-0.2, -0.15) is 0 Å². The van der Waals surface area contributed by atoms with Gasteiger partial charge in [-0.1, -0.05) is 12.8 Å². The van der Waals surface area contributed by atoms with Gasteiger partial charge in [0.1, 0.15) is 0 Å². The predicted octanol–water partition coefficient (Wildman–Crippen LogP) is 1.04. The molecule has 1 saturated carbocycles. The highest BCUT2D eigenvalue weighted by molar-refractivity contribution is 7.80. The van der Waals surface area contributed by atoms with Crippen LogP contribution in [-0.2, 0) is 4.74 Å². The molecule has 0 saturated heterocycles. The fourth-order valence-electron chi connectivity index (χ4n) is 1.53. The molecule has 0 aromatic rings. The summed E-state index contributed by atoms with van der Waals surface area (Å²) >= 11 is 4.93. The Morgan fingerprint density at radius 3 is 2.77 bits per heavy atom. The smallest absolute Gasteiger partial charge is 0.166 e. The van der Waals surface area contributed by atoms with E-state index in [0.717, 1.165) is 13.2 Å². The maximum Gasteiger partial charge on any atom is 0.166 e. The van der Waals surface area contributed by atoms with Crippen LogP contribution < -0.4 is 10.6 Å². The lowest BCUT2D eigenvalue weighted by molar-refractivity contribution is 0.0623. The largest absolute Gasteiger partial charge is 0.376 e. The SMILES string of the molecule is CNC(=S)NCCOC1CCCC1. The molecule has 0 aliphatic heterocycles. The molecular formula is C9H18N2OS. The van der Waals surface area contributed by atoms with Gasteiger partial charge in [0.15, 0.2) is 5.11 Å². The van der Waals surface area contributed by atoms with Crippen LogP contribution in [0.15, 0.2) is 0 Å². The minimum atomic E-state index is 0.505. The van der Waals surface area contributed by atoms with Crippen LogP contribution in [0.25, 0.3) is 0 Å². The fourth-order valence-corrected chi connectivity index (χ4v) is 1.64. The van der Waals surface area contributed by atoms with E-state index in [2.05, 4.69) is 10.6 Å². The maximum absolute atomic E-state index is 5.65. The summed E-state index contributed by atoms with van der Waals surface area (Å²) in [4.78, 5) is 0. The van der Waals surface area contributed by atoms with Crippen molar-refractivity contribution >= 4 is 17.3 Å². The summed E-state index contributed by atoms with van der Waals surface area (Å²) in [7, 11) is 1.81. The van der Waals surface area contributed by atoms with Crippen LogP contribution in [0, 0.1) is 0 Å². The van der Waals surface area contributed by atoms with Crippen molar-refractivity contribution in [3.05, 3.63) is 0 Å². The van der Waals surface area contributed by atoms with Crippen LogP contribution in [-0.4, -0.2) is 31.4 Å². The summed E-state index contributed by atoms with van der Waals surface area (Å²) in [6, 6.07) is 0. The zero-order valence-electron chi connectivity index (χ0n) is 8.14. The van der Waals surface area contributed by atoms with E-state index < -0.39 is 0 Å². The summed E-state index contributed by atoms with van der Waals surface area (Å²) in [5.41, 5.74) is 0. The van der Waals surface area contributed by atoms with E-state index in [4.69, 9.17) is 17.0 Å². The van der Waals surface area contributed by atoms with E-state index in [9.17, 15) is 0 Å². The predicted molar refractivity (Wildman–Crippen MR) is 57.9 cm³/mol. The standard InChI is InChI=1S/C9H18N2OS/c1-10-9(13)11-6-7-12-8-4-2-3-5-8/h8H,2-7H2,1H3,(H2,10,11,13). The molecule has 0 spiro atoms. The van der Waals surface area contributed by atoms with E-state index in [1.807, 2.05) is 7.05 Å². The molecule has 1 aliphatic carbocycles. The lowest BCUT2D eigenvalue weighted by atomic mass is 10.3. The number of rotatable bonds is 4. The molecular weight excluding hydrogens is 184 g/mol. The van der Waals surface area contributed by atoms with Gasteiger partial charge < -0.3 is 15.4 Å². The third-order valence-electron chi connectivity index (χ3n) is 2.27. The molecule has 1 aliphatic rings. The highest BCUT2D eigenvalue weighted by atomic mass is 32.1. The van der Waals surface area contributed by atoms with Gasteiger partial charge in [0.25, 0.3) is 0 Å². The molecule has 0 amide bonds. The van der Waals surface area contributed by atoms with Crippen molar-refractivity contribution < 1.29 is 4.74 Å². The van der Waals surface area contributed by atoms with Gasteiger partial charge >= 0.3 is 0 Å². The highest BCUT2D eigenvalue weighted by Gasteiger charge is 2.14. The summed E-state index contributed by atoms with van der Waals surface area (Å²) < 4.78 is 5.65. The third-order valence-corrected chi connectivity index (χ3v) is 2.62. The molecule has 0 heterocycles. The first-order valence-electron chi connectivity index (χ1n) is 4.90. The number of hydrogen-bond donors (Lipinski definition) is 2. The Labute approximate surface area is 85.2 Å². The average Bonchev–Trinajstić information content (AvgIpc) is 2.64. The van der Waals surface area contributed by atoms with Crippen LogP contribution >= 0.6 is 12.2 Å².